The Labute approximate surface area is 251 Å². The number of carbonyl (C=O) groups excluding carboxylic acids is 2. The van der Waals surface area contributed by atoms with Crippen LogP contribution < -0.4 is 5.76 Å². The monoisotopic (exact) mass is 723 g/mol. The minimum atomic E-state index is -0.475. The van der Waals surface area contributed by atoms with E-state index in [0.29, 0.717) is 17.0 Å². The predicted octanol–water partition coefficient (Wildman–Crippen LogP) is 6.72. The zero-order chi connectivity index (χ0) is 29.3. The van der Waals surface area contributed by atoms with Crippen molar-refractivity contribution in [2.24, 2.45) is 7.05 Å². The third-order valence-electron chi connectivity index (χ3n) is 5.55. The van der Waals surface area contributed by atoms with Crippen molar-refractivity contribution in [1.29, 1.82) is 0 Å². The van der Waals surface area contributed by atoms with Crippen LogP contribution in [0.25, 0.3) is 11.5 Å². The Bertz CT molecular complexity index is 1530. The van der Waals surface area contributed by atoms with Gasteiger partial charge in [0.05, 0.1) is 5.56 Å². The lowest BCUT2D eigenvalue weighted by atomic mass is 10.1. The number of aromatic nitrogens is 5. The molecule has 0 bridgehead atoms. The Morgan fingerprint density at radius 3 is 1.72 bits per heavy atom. The van der Waals surface area contributed by atoms with E-state index >= 15 is 0 Å². The molecule has 0 saturated heterocycles. The molecule has 4 heterocycles. The SMILES string of the molecule is CC(=O)c1cncc(Br)c1C.CCc1c(Br)cncc1-c1nn(C)c(=O)o1.CCc1c(Br)cncc1C(C)=O. The molecule has 0 atom stereocenters. The van der Waals surface area contributed by atoms with Crippen LogP contribution in [0.1, 0.15) is 65.1 Å². The molecule has 0 aliphatic carbocycles. The van der Waals surface area contributed by atoms with Gasteiger partial charge in [0.2, 0.25) is 0 Å². The molecule has 4 aromatic rings. The zero-order valence-electron chi connectivity index (χ0n) is 22.4. The number of hydrogen-bond donors (Lipinski definition) is 0. The molecule has 0 aliphatic heterocycles. The molecule has 0 aromatic carbocycles. The third-order valence-corrected chi connectivity index (χ3v) is 7.71. The van der Waals surface area contributed by atoms with Crippen molar-refractivity contribution in [3.05, 3.63) is 89.0 Å². The van der Waals surface area contributed by atoms with Gasteiger partial charge in [-0.1, -0.05) is 13.8 Å². The largest absolute Gasteiger partial charge is 0.437 e. The van der Waals surface area contributed by atoms with Gasteiger partial charge >= 0.3 is 5.76 Å². The molecule has 0 spiro atoms. The van der Waals surface area contributed by atoms with Crippen molar-refractivity contribution in [1.82, 2.24) is 24.7 Å². The lowest BCUT2D eigenvalue weighted by Crippen LogP contribution is -2.09. The molecule has 0 N–H and O–H groups in total. The fourth-order valence-electron chi connectivity index (χ4n) is 3.44. The Balaban J connectivity index is 0.000000210. The summed E-state index contributed by atoms with van der Waals surface area (Å²) in [6.45, 7) is 9.03. The summed E-state index contributed by atoms with van der Waals surface area (Å²) < 4.78 is 8.88. The van der Waals surface area contributed by atoms with E-state index in [1.54, 1.807) is 51.2 Å². The predicted molar refractivity (Wildman–Crippen MR) is 160 cm³/mol. The maximum absolute atomic E-state index is 11.2. The van der Waals surface area contributed by atoms with Crippen LogP contribution >= 0.6 is 47.8 Å². The lowest BCUT2D eigenvalue weighted by Gasteiger charge is -2.04. The minimum absolute atomic E-state index is 0.0521. The van der Waals surface area contributed by atoms with E-state index in [4.69, 9.17) is 4.42 Å². The van der Waals surface area contributed by atoms with Crippen LogP contribution in [0.2, 0.25) is 0 Å². The van der Waals surface area contributed by atoms with Crippen molar-refractivity contribution in [3.63, 3.8) is 0 Å². The molecule has 4 rings (SSSR count). The van der Waals surface area contributed by atoms with Crippen molar-refractivity contribution < 1.29 is 14.0 Å². The average Bonchev–Trinajstić information content (AvgIpc) is 3.23. The summed E-state index contributed by atoms with van der Waals surface area (Å²) in [5.74, 6) is -0.0490. The molecular weight excluding hydrogens is 698 g/mol. The van der Waals surface area contributed by atoms with Crippen LogP contribution in [0.5, 0.6) is 0 Å². The fraction of sp³-hybridized carbons (Fsp3) is 0.296. The summed E-state index contributed by atoms with van der Waals surface area (Å²) >= 11 is 10.1. The van der Waals surface area contributed by atoms with Crippen LogP contribution in [-0.4, -0.2) is 36.3 Å². The number of ketones is 2. The lowest BCUT2D eigenvalue weighted by molar-refractivity contribution is 0.100. The molecule has 39 heavy (non-hydrogen) atoms. The molecule has 0 radical (unpaired) electrons. The van der Waals surface area contributed by atoms with E-state index in [1.165, 1.54) is 6.92 Å². The quantitative estimate of drug-likeness (QED) is 0.208. The van der Waals surface area contributed by atoms with Crippen LogP contribution in [0.15, 0.2) is 59.8 Å². The smallest absolute Gasteiger partial charge is 0.388 e. The molecule has 0 fully saturated rings. The summed E-state index contributed by atoms with van der Waals surface area (Å²) in [4.78, 5) is 45.2. The Morgan fingerprint density at radius 2 is 1.28 bits per heavy atom. The first-order valence-corrected chi connectivity index (χ1v) is 14.2. The molecule has 9 nitrogen and oxygen atoms in total. The van der Waals surface area contributed by atoms with Gasteiger partial charge in [0.1, 0.15) is 0 Å². The van der Waals surface area contributed by atoms with Crippen LogP contribution in [-0.2, 0) is 19.9 Å². The molecule has 206 valence electrons. The second kappa shape index (κ2) is 15.1. The first-order valence-electron chi connectivity index (χ1n) is 11.8. The van der Waals surface area contributed by atoms with Gasteiger partial charge in [0.15, 0.2) is 11.6 Å². The van der Waals surface area contributed by atoms with Gasteiger partial charge in [0, 0.05) is 68.8 Å². The van der Waals surface area contributed by atoms with E-state index in [-0.39, 0.29) is 11.6 Å². The number of hydrogen-bond acceptors (Lipinski definition) is 8. The van der Waals surface area contributed by atoms with Crippen molar-refractivity contribution in [2.45, 2.75) is 47.5 Å². The number of rotatable bonds is 5. The standard InChI is InChI=1S/C10H10BrN3O2.C9H10BrNO.C8H8BrNO/c1-3-6-7(4-12-5-8(6)11)9-13-14(2)10(15)16-9;1-3-7-8(6(2)12)4-11-5-9(7)10;1-5-7(6(2)11)3-10-4-8(5)9/h4-5H,3H2,1-2H3;4-5H,3H2,1-2H3;3-4H,1-2H3. The molecule has 0 unspecified atom stereocenters. The minimum Gasteiger partial charge on any atom is -0.388 e. The number of carbonyl (C=O) groups is 2. The topological polar surface area (TPSA) is 121 Å². The number of nitrogens with zero attached hydrogens (tertiary/aromatic N) is 5. The summed E-state index contributed by atoms with van der Waals surface area (Å²) in [7, 11) is 1.55. The summed E-state index contributed by atoms with van der Waals surface area (Å²) in [6, 6.07) is 0. The number of halogens is 3. The van der Waals surface area contributed by atoms with Crippen molar-refractivity contribution in [2.75, 3.05) is 0 Å². The van der Waals surface area contributed by atoms with Gasteiger partial charge < -0.3 is 4.42 Å². The summed E-state index contributed by atoms with van der Waals surface area (Å²) in [6.07, 6.45) is 11.6. The molecule has 0 aliphatic rings. The van der Waals surface area contributed by atoms with E-state index in [1.807, 2.05) is 20.8 Å². The second-order valence-electron chi connectivity index (χ2n) is 8.20. The van der Waals surface area contributed by atoms with Gasteiger partial charge in [-0.2, -0.15) is 4.68 Å². The summed E-state index contributed by atoms with van der Waals surface area (Å²) in [5, 5.41) is 4.01. The highest BCUT2D eigenvalue weighted by atomic mass is 79.9. The third kappa shape index (κ3) is 8.58. The average molecular weight is 726 g/mol. The first-order chi connectivity index (χ1) is 18.4. The van der Waals surface area contributed by atoms with Crippen molar-refractivity contribution in [3.8, 4) is 11.5 Å². The molecule has 4 aromatic heterocycles. The highest BCUT2D eigenvalue weighted by Gasteiger charge is 2.14. The highest BCUT2D eigenvalue weighted by Crippen LogP contribution is 2.26. The maximum atomic E-state index is 11.2. The van der Waals surface area contributed by atoms with E-state index in [9.17, 15) is 14.4 Å². The van der Waals surface area contributed by atoms with Crippen molar-refractivity contribution >= 4 is 59.4 Å². The van der Waals surface area contributed by atoms with Crippen LogP contribution in [0, 0.1) is 6.92 Å². The Morgan fingerprint density at radius 1 is 0.795 bits per heavy atom. The van der Waals surface area contributed by atoms with Gasteiger partial charge in [-0.3, -0.25) is 24.5 Å². The number of aryl methyl sites for hydroxylation is 1. The number of pyridine rings is 3. The van der Waals surface area contributed by atoms with Gasteiger partial charge in [-0.25, -0.2) is 4.79 Å². The van der Waals surface area contributed by atoms with Gasteiger partial charge in [0.25, 0.3) is 5.89 Å². The molecule has 12 heteroatoms. The Hall–Kier alpha value is -2.83. The second-order valence-corrected chi connectivity index (χ2v) is 10.8. The molecule has 0 amide bonds. The van der Waals surface area contributed by atoms with Crippen LogP contribution in [0.3, 0.4) is 0 Å². The normalized spacial score (nSPS) is 10.2. The number of Topliss-reactive ketones (excluding diaryl/α,β-unsaturated/α-hetero) is 2. The first kappa shape index (κ1) is 32.4. The van der Waals surface area contributed by atoms with E-state index in [0.717, 1.165) is 53.2 Å². The molecule has 0 saturated carbocycles. The van der Waals surface area contributed by atoms with E-state index < -0.39 is 5.76 Å². The highest BCUT2D eigenvalue weighted by molar-refractivity contribution is 9.11. The zero-order valence-corrected chi connectivity index (χ0v) is 27.1. The van der Waals surface area contributed by atoms with Gasteiger partial charge in [-0.05, 0) is 98.1 Å². The fourth-order valence-corrected chi connectivity index (χ4v) is 5.00. The summed E-state index contributed by atoms with van der Waals surface area (Å²) in [5.41, 5.74) is 5.16. The maximum Gasteiger partial charge on any atom is 0.437 e. The van der Waals surface area contributed by atoms with Gasteiger partial charge in [-0.15, -0.1) is 5.10 Å². The molecular formula is C27H28Br3N5O4. The van der Waals surface area contributed by atoms with Crippen LogP contribution in [0.4, 0.5) is 0 Å². The Kier molecular flexibility index (Phi) is 12.5. The van der Waals surface area contributed by atoms with E-state index in [2.05, 4.69) is 67.8 Å².